The van der Waals surface area contributed by atoms with E-state index < -0.39 is 0 Å². The average molecular weight is 250 g/mol. The molecule has 3 heteroatoms. The van der Waals surface area contributed by atoms with Crippen LogP contribution < -0.4 is 5.32 Å². The Hall–Kier alpha value is -0.540. The van der Waals surface area contributed by atoms with Gasteiger partial charge in [0.2, 0.25) is 0 Å². The zero-order valence-corrected chi connectivity index (χ0v) is 11.8. The highest BCUT2D eigenvalue weighted by atomic mass is 32.2. The van der Waals surface area contributed by atoms with E-state index in [4.69, 9.17) is 0 Å². The van der Waals surface area contributed by atoms with Gasteiger partial charge in [-0.05, 0) is 41.7 Å². The fourth-order valence-electron chi connectivity index (χ4n) is 2.19. The Morgan fingerprint density at radius 2 is 2.35 bits per heavy atom. The molecule has 2 rings (SSSR count). The van der Waals surface area contributed by atoms with E-state index >= 15 is 0 Å². The lowest BCUT2D eigenvalue weighted by Crippen LogP contribution is -2.46. The highest BCUT2D eigenvalue weighted by Crippen LogP contribution is 2.34. The molecule has 0 aromatic carbocycles. The average Bonchev–Trinajstić information content (AvgIpc) is 2.29. The van der Waals surface area contributed by atoms with Gasteiger partial charge in [0, 0.05) is 30.7 Å². The number of aromatic nitrogens is 1. The zero-order valence-electron chi connectivity index (χ0n) is 11.0. The van der Waals surface area contributed by atoms with E-state index in [2.05, 4.69) is 48.9 Å². The molecule has 1 fully saturated rings. The molecule has 0 amide bonds. The second-order valence-corrected chi connectivity index (χ2v) is 6.70. The van der Waals surface area contributed by atoms with E-state index in [0.29, 0.717) is 11.5 Å². The molecule has 1 aliphatic rings. The van der Waals surface area contributed by atoms with Crippen LogP contribution in [0.15, 0.2) is 18.5 Å². The first-order chi connectivity index (χ1) is 8.09. The van der Waals surface area contributed by atoms with E-state index in [0.717, 1.165) is 6.54 Å². The summed E-state index contributed by atoms with van der Waals surface area (Å²) in [6, 6.07) is 2.69. The summed E-state index contributed by atoms with van der Waals surface area (Å²) in [5.74, 6) is 2.53. The van der Waals surface area contributed by atoms with E-state index in [1.807, 2.05) is 12.4 Å². The van der Waals surface area contributed by atoms with Crippen molar-refractivity contribution in [2.75, 3.05) is 11.5 Å². The standard InChI is InChI=1S/C14H22N2S/c1-11-4-6-15-8-12(11)9-16-13-10-17-7-5-14(13,2)3/h4,6,8,13,16H,5,7,9-10H2,1-3H3. The summed E-state index contributed by atoms with van der Waals surface area (Å²) in [5, 5.41) is 3.71. The van der Waals surface area contributed by atoms with Gasteiger partial charge in [-0.15, -0.1) is 0 Å². The van der Waals surface area contributed by atoms with Crippen LogP contribution in [0.2, 0.25) is 0 Å². The third-order valence-corrected chi connectivity index (χ3v) is 4.87. The van der Waals surface area contributed by atoms with Crippen LogP contribution >= 0.6 is 11.8 Å². The minimum Gasteiger partial charge on any atom is -0.309 e. The van der Waals surface area contributed by atoms with Crippen LogP contribution in [0.4, 0.5) is 0 Å². The summed E-state index contributed by atoms with van der Waals surface area (Å²) < 4.78 is 0. The van der Waals surface area contributed by atoms with Gasteiger partial charge in [0.1, 0.15) is 0 Å². The quantitative estimate of drug-likeness (QED) is 0.892. The summed E-state index contributed by atoms with van der Waals surface area (Å²) in [7, 11) is 0. The van der Waals surface area contributed by atoms with Crippen molar-refractivity contribution in [2.45, 2.75) is 39.8 Å². The van der Waals surface area contributed by atoms with E-state index in [-0.39, 0.29) is 0 Å². The second kappa shape index (κ2) is 5.40. The van der Waals surface area contributed by atoms with Crippen molar-refractivity contribution in [3.63, 3.8) is 0 Å². The molecule has 0 bridgehead atoms. The Kier molecular flexibility index (Phi) is 4.10. The molecule has 0 spiro atoms. The van der Waals surface area contributed by atoms with Crippen molar-refractivity contribution >= 4 is 11.8 Å². The normalized spacial score (nSPS) is 23.6. The summed E-state index contributed by atoms with van der Waals surface area (Å²) in [4.78, 5) is 4.20. The highest BCUT2D eigenvalue weighted by molar-refractivity contribution is 7.99. The maximum absolute atomic E-state index is 4.20. The molecule has 1 aliphatic heterocycles. The monoisotopic (exact) mass is 250 g/mol. The highest BCUT2D eigenvalue weighted by Gasteiger charge is 2.31. The lowest BCUT2D eigenvalue weighted by molar-refractivity contribution is 0.244. The molecule has 94 valence electrons. The first-order valence-electron chi connectivity index (χ1n) is 6.30. The van der Waals surface area contributed by atoms with Gasteiger partial charge in [-0.25, -0.2) is 0 Å². The predicted octanol–water partition coefficient (Wildman–Crippen LogP) is 3.01. The van der Waals surface area contributed by atoms with Crippen molar-refractivity contribution in [1.82, 2.24) is 10.3 Å². The fraction of sp³-hybridized carbons (Fsp3) is 0.643. The van der Waals surface area contributed by atoms with Crippen LogP contribution in [0, 0.1) is 12.3 Å². The van der Waals surface area contributed by atoms with Gasteiger partial charge < -0.3 is 5.32 Å². The van der Waals surface area contributed by atoms with Crippen LogP contribution in [-0.2, 0) is 6.54 Å². The molecule has 2 heterocycles. The molecule has 0 saturated carbocycles. The Morgan fingerprint density at radius 1 is 1.53 bits per heavy atom. The molecular formula is C14H22N2S. The lowest BCUT2D eigenvalue weighted by Gasteiger charge is -2.39. The second-order valence-electron chi connectivity index (χ2n) is 5.55. The molecule has 1 unspecified atom stereocenters. The molecule has 1 saturated heterocycles. The van der Waals surface area contributed by atoms with Crippen LogP contribution in [0.5, 0.6) is 0 Å². The lowest BCUT2D eigenvalue weighted by atomic mass is 9.82. The minimum atomic E-state index is 0.418. The number of pyridine rings is 1. The number of rotatable bonds is 3. The molecule has 2 nitrogen and oxygen atoms in total. The van der Waals surface area contributed by atoms with Crippen molar-refractivity contribution in [3.8, 4) is 0 Å². The molecule has 0 radical (unpaired) electrons. The number of nitrogens with zero attached hydrogens (tertiary/aromatic N) is 1. The third kappa shape index (κ3) is 3.23. The summed E-state index contributed by atoms with van der Waals surface area (Å²) in [6.07, 6.45) is 5.14. The van der Waals surface area contributed by atoms with Crippen molar-refractivity contribution in [3.05, 3.63) is 29.6 Å². The smallest absolute Gasteiger partial charge is 0.0315 e. The minimum absolute atomic E-state index is 0.418. The Bertz CT molecular complexity index is 376. The zero-order chi connectivity index (χ0) is 12.3. The first-order valence-corrected chi connectivity index (χ1v) is 7.46. The number of hydrogen-bond acceptors (Lipinski definition) is 3. The molecule has 1 atom stereocenters. The van der Waals surface area contributed by atoms with Gasteiger partial charge in [0.25, 0.3) is 0 Å². The fourth-order valence-corrected chi connectivity index (χ4v) is 3.83. The largest absolute Gasteiger partial charge is 0.309 e. The van der Waals surface area contributed by atoms with Gasteiger partial charge >= 0.3 is 0 Å². The van der Waals surface area contributed by atoms with Crippen molar-refractivity contribution in [1.29, 1.82) is 0 Å². The number of aryl methyl sites for hydroxylation is 1. The summed E-state index contributed by atoms with van der Waals surface area (Å²) >= 11 is 2.07. The van der Waals surface area contributed by atoms with Crippen molar-refractivity contribution in [2.24, 2.45) is 5.41 Å². The van der Waals surface area contributed by atoms with Crippen LogP contribution in [-0.4, -0.2) is 22.5 Å². The van der Waals surface area contributed by atoms with E-state index in [9.17, 15) is 0 Å². The number of nitrogens with one attached hydrogen (secondary N) is 1. The number of thioether (sulfide) groups is 1. The summed E-state index contributed by atoms with van der Waals surface area (Å²) in [6.45, 7) is 7.84. The molecule has 1 aromatic rings. The van der Waals surface area contributed by atoms with Gasteiger partial charge in [0.05, 0.1) is 0 Å². The van der Waals surface area contributed by atoms with Gasteiger partial charge in [0.15, 0.2) is 0 Å². The van der Waals surface area contributed by atoms with Crippen molar-refractivity contribution < 1.29 is 0 Å². The Morgan fingerprint density at radius 3 is 3.06 bits per heavy atom. The first kappa shape index (κ1) is 12.9. The molecule has 1 aromatic heterocycles. The Balaban J connectivity index is 1.96. The molecular weight excluding hydrogens is 228 g/mol. The van der Waals surface area contributed by atoms with E-state index in [1.54, 1.807) is 0 Å². The summed E-state index contributed by atoms with van der Waals surface area (Å²) in [5.41, 5.74) is 3.06. The van der Waals surface area contributed by atoms with Gasteiger partial charge in [-0.1, -0.05) is 13.8 Å². The van der Waals surface area contributed by atoms with Gasteiger partial charge in [-0.3, -0.25) is 4.98 Å². The Labute approximate surface area is 109 Å². The van der Waals surface area contributed by atoms with Crippen LogP contribution in [0.3, 0.4) is 0 Å². The van der Waals surface area contributed by atoms with Crippen LogP contribution in [0.1, 0.15) is 31.4 Å². The maximum atomic E-state index is 4.20. The molecule has 1 N–H and O–H groups in total. The maximum Gasteiger partial charge on any atom is 0.0315 e. The molecule has 0 aliphatic carbocycles. The molecule has 17 heavy (non-hydrogen) atoms. The third-order valence-electron chi connectivity index (χ3n) is 3.80. The topological polar surface area (TPSA) is 24.9 Å². The van der Waals surface area contributed by atoms with Crippen LogP contribution in [0.25, 0.3) is 0 Å². The SMILES string of the molecule is Cc1ccncc1CNC1CSCCC1(C)C. The predicted molar refractivity (Wildman–Crippen MR) is 75.3 cm³/mol. The van der Waals surface area contributed by atoms with Gasteiger partial charge in [-0.2, -0.15) is 11.8 Å². The van der Waals surface area contributed by atoms with E-state index in [1.165, 1.54) is 29.1 Å². The number of hydrogen-bond donors (Lipinski definition) is 1.